The molecule has 0 aliphatic carbocycles. The molecule has 4 heteroatoms. The first-order valence-electron chi connectivity index (χ1n) is 7.44. The van der Waals surface area contributed by atoms with E-state index in [1.807, 2.05) is 6.07 Å². The predicted molar refractivity (Wildman–Crippen MR) is 79.3 cm³/mol. The van der Waals surface area contributed by atoms with Crippen LogP contribution >= 0.6 is 0 Å². The van der Waals surface area contributed by atoms with Crippen LogP contribution in [0.3, 0.4) is 0 Å². The molecule has 1 fully saturated rings. The van der Waals surface area contributed by atoms with Crippen molar-refractivity contribution in [3.05, 3.63) is 29.6 Å². The van der Waals surface area contributed by atoms with Gasteiger partial charge in [-0.3, -0.25) is 4.90 Å². The summed E-state index contributed by atoms with van der Waals surface area (Å²) >= 11 is 0. The SMILES string of the molecule is COc1cccc(F)c1C(C)N1CCC(CCN)CC1. The molecule has 0 spiro atoms. The number of nitrogens with two attached hydrogens (primary N) is 1. The van der Waals surface area contributed by atoms with Crippen molar-refractivity contribution in [2.75, 3.05) is 26.7 Å². The van der Waals surface area contributed by atoms with E-state index >= 15 is 0 Å². The molecule has 2 rings (SSSR count). The van der Waals surface area contributed by atoms with Crippen molar-refractivity contribution in [2.24, 2.45) is 11.7 Å². The minimum absolute atomic E-state index is 0.0463. The Balaban J connectivity index is 2.07. The van der Waals surface area contributed by atoms with Crippen LogP contribution in [0.25, 0.3) is 0 Å². The highest BCUT2D eigenvalue weighted by Gasteiger charge is 2.26. The highest BCUT2D eigenvalue weighted by molar-refractivity contribution is 5.37. The number of hydrogen-bond donors (Lipinski definition) is 1. The normalized spacial score (nSPS) is 19.0. The van der Waals surface area contributed by atoms with Gasteiger partial charge in [-0.1, -0.05) is 6.07 Å². The van der Waals surface area contributed by atoms with Crippen molar-refractivity contribution in [1.82, 2.24) is 4.90 Å². The van der Waals surface area contributed by atoms with E-state index in [9.17, 15) is 4.39 Å². The third-order valence-corrected chi connectivity index (χ3v) is 4.42. The second-order valence-corrected chi connectivity index (χ2v) is 5.59. The third-order valence-electron chi connectivity index (χ3n) is 4.42. The number of likely N-dealkylation sites (tertiary alicyclic amines) is 1. The second-order valence-electron chi connectivity index (χ2n) is 5.59. The summed E-state index contributed by atoms with van der Waals surface area (Å²) in [6.45, 7) is 4.83. The number of halogens is 1. The first-order valence-corrected chi connectivity index (χ1v) is 7.44. The Bertz CT molecular complexity index is 430. The summed E-state index contributed by atoms with van der Waals surface area (Å²) in [4.78, 5) is 2.34. The maximum Gasteiger partial charge on any atom is 0.131 e. The van der Waals surface area contributed by atoms with Gasteiger partial charge in [0, 0.05) is 11.6 Å². The van der Waals surface area contributed by atoms with Gasteiger partial charge < -0.3 is 10.5 Å². The number of hydrogen-bond acceptors (Lipinski definition) is 3. The van der Waals surface area contributed by atoms with Gasteiger partial charge in [-0.2, -0.15) is 0 Å². The molecule has 1 aromatic carbocycles. The molecule has 1 heterocycles. The molecular weight excluding hydrogens is 255 g/mol. The molecule has 1 unspecified atom stereocenters. The molecule has 1 atom stereocenters. The average Bonchev–Trinajstić information content (AvgIpc) is 2.47. The largest absolute Gasteiger partial charge is 0.496 e. The maximum absolute atomic E-state index is 14.1. The van der Waals surface area contributed by atoms with E-state index in [0.29, 0.717) is 11.3 Å². The first-order chi connectivity index (χ1) is 9.67. The summed E-state index contributed by atoms with van der Waals surface area (Å²) in [5.74, 6) is 1.19. The van der Waals surface area contributed by atoms with Crippen LogP contribution in [-0.4, -0.2) is 31.6 Å². The smallest absolute Gasteiger partial charge is 0.131 e. The standard InChI is InChI=1S/C16H25FN2O/c1-12(16-14(17)4-3-5-15(16)20-2)19-10-7-13(6-9-18)8-11-19/h3-5,12-13H,6-11,18H2,1-2H3. The van der Waals surface area contributed by atoms with Crippen molar-refractivity contribution in [3.8, 4) is 5.75 Å². The Morgan fingerprint density at radius 1 is 1.40 bits per heavy atom. The van der Waals surface area contributed by atoms with E-state index in [1.54, 1.807) is 13.2 Å². The fourth-order valence-electron chi connectivity index (χ4n) is 3.15. The van der Waals surface area contributed by atoms with Crippen molar-refractivity contribution in [2.45, 2.75) is 32.2 Å². The molecule has 0 bridgehead atoms. The second kappa shape index (κ2) is 7.04. The van der Waals surface area contributed by atoms with E-state index in [0.717, 1.165) is 44.8 Å². The van der Waals surface area contributed by atoms with Gasteiger partial charge in [0.05, 0.1) is 7.11 Å². The summed E-state index contributed by atoms with van der Waals surface area (Å²) in [5, 5.41) is 0. The molecule has 1 aromatic rings. The van der Waals surface area contributed by atoms with E-state index < -0.39 is 0 Å². The van der Waals surface area contributed by atoms with E-state index in [4.69, 9.17) is 10.5 Å². The summed E-state index contributed by atoms with van der Waals surface area (Å²) in [5.41, 5.74) is 6.30. The summed E-state index contributed by atoms with van der Waals surface area (Å²) in [7, 11) is 1.60. The first kappa shape index (κ1) is 15.3. The van der Waals surface area contributed by atoms with Crippen LogP contribution in [0.15, 0.2) is 18.2 Å². The lowest BCUT2D eigenvalue weighted by Gasteiger charge is -2.36. The average molecular weight is 280 g/mol. The number of nitrogens with zero attached hydrogens (tertiary/aromatic N) is 1. The zero-order valence-corrected chi connectivity index (χ0v) is 12.4. The van der Waals surface area contributed by atoms with E-state index in [2.05, 4.69) is 11.8 Å². The Labute approximate surface area is 120 Å². The van der Waals surface area contributed by atoms with Crippen LogP contribution in [0.5, 0.6) is 5.75 Å². The number of methoxy groups -OCH3 is 1. The van der Waals surface area contributed by atoms with Crippen molar-refractivity contribution in [1.29, 1.82) is 0 Å². The molecule has 0 amide bonds. The monoisotopic (exact) mass is 280 g/mol. The van der Waals surface area contributed by atoms with Crippen molar-refractivity contribution >= 4 is 0 Å². The minimum atomic E-state index is -0.180. The van der Waals surface area contributed by atoms with Gasteiger partial charge in [-0.05, 0) is 63.9 Å². The van der Waals surface area contributed by atoms with Crippen LogP contribution in [0.1, 0.15) is 37.8 Å². The van der Waals surface area contributed by atoms with E-state index in [-0.39, 0.29) is 11.9 Å². The molecule has 0 radical (unpaired) electrons. The zero-order chi connectivity index (χ0) is 14.5. The molecule has 1 aliphatic heterocycles. The molecule has 3 nitrogen and oxygen atoms in total. The molecule has 2 N–H and O–H groups in total. The molecule has 112 valence electrons. The molecule has 1 saturated heterocycles. The fourth-order valence-corrected chi connectivity index (χ4v) is 3.15. The zero-order valence-electron chi connectivity index (χ0n) is 12.4. The van der Waals surface area contributed by atoms with E-state index in [1.165, 1.54) is 6.07 Å². The molecule has 0 aromatic heterocycles. The Morgan fingerprint density at radius 3 is 2.70 bits per heavy atom. The lowest BCUT2D eigenvalue weighted by molar-refractivity contribution is 0.134. The molecule has 0 saturated carbocycles. The van der Waals surface area contributed by atoms with Crippen LogP contribution in [0.2, 0.25) is 0 Å². The number of rotatable bonds is 5. The lowest BCUT2D eigenvalue weighted by Crippen LogP contribution is -2.36. The summed E-state index contributed by atoms with van der Waals surface area (Å²) in [6, 6.07) is 5.08. The Kier molecular flexibility index (Phi) is 5.38. The summed E-state index contributed by atoms with van der Waals surface area (Å²) < 4.78 is 19.4. The quantitative estimate of drug-likeness (QED) is 0.901. The van der Waals surface area contributed by atoms with Crippen LogP contribution in [-0.2, 0) is 0 Å². The van der Waals surface area contributed by atoms with Gasteiger partial charge >= 0.3 is 0 Å². The number of ether oxygens (including phenoxy) is 1. The minimum Gasteiger partial charge on any atom is -0.496 e. The number of piperidine rings is 1. The topological polar surface area (TPSA) is 38.5 Å². The van der Waals surface area contributed by atoms with Gasteiger partial charge in [-0.25, -0.2) is 4.39 Å². The highest BCUT2D eigenvalue weighted by Crippen LogP contribution is 2.34. The van der Waals surface area contributed by atoms with Gasteiger partial charge in [0.1, 0.15) is 11.6 Å². The Morgan fingerprint density at radius 2 is 2.10 bits per heavy atom. The Hall–Kier alpha value is -1.13. The fraction of sp³-hybridized carbons (Fsp3) is 0.625. The highest BCUT2D eigenvalue weighted by atomic mass is 19.1. The van der Waals surface area contributed by atoms with Gasteiger partial charge in [0.15, 0.2) is 0 Å². The maximum atomic E-state index is 14.1. The summed E-state index contributed by atoms with van der Waals surface area (Å²) in [6.07, 6.45) is 3.40. The molecule has 20 heavy (non-hydrogen) atoms. The lowest BCUT2D eigenvalue weighted by atomic mass is 9.92. The van der Waals surface area contributed by atoms with Gasteiger partial charge in [0.25, 0.3) is 0 Å². The van der Waals surface area contributed by atoms with Crippen LogP contribution in [0.4, 0.5) is 4.39 Å². The van der Waals surface area contributed by atoms with Crippen LogP contribution < -0.4 is 10.5 Å². The van der Waals surface area contributed by atoms with Crippen molar-refractivity contribution in [3.63, 3.8) is 0 Å². The predicted octanol–water partition coefficient (Wildman–Crippen LogP) is 2.96. The molecular formula is C16H25FN2O. The van der Waals surface area contributed by atoms with Gasteiger partial charge in [0.2, 0.25) is 0 Å². The van der Waals surface area contributed by atoms with Gasteiger partial charge in [-0.15, -0.1) is 0 Å². The molecule has 1 aliphatic rings. The van der Waals surface area contributed by atoms with Crippen LogP contribution in [0, 0.1) is 11.7 Å². The third kappa shape index (κ3) is 3.30. The number of benzene rings is 1. The van der Waals surface area contributed by atoms with Crippen molar-refractivity contribution < 1.29 is 9.13 Å².